The highest BCUT2D eigenvalue weighted by molar-refractivity contribution is 5.90. The maximum atomic E-state index is 11.1. The number of carboxylic acids is 1. The number of carboxylic acid groups (broad SMARTS) is 1. The van der Waals surface area contributed by atoms with E-state index >= 15 is 0 Å². The Morgan fingerprint density at radius 2 is 2.07 bits per heavy atom. The van der Waals surface area contributed by atoms with Crippen LogP contribution in [-0.2, 0) is 12.8 Å². The number of rotatable bonds is 2. The predicted octanol–water partition coefficient (Wildman–Crippen LogP) is 2.27. The number of carbonyl (C=O) groups is 1. The summed E-state index contributed by atoms with van der Waals surface area (Å²) in [6.45, 7) is 0. The van der Waals surface area contributed by atoms with E-state index < -0.39 is 5.97 Å². The van der Waals surface area contributed by atoms with Crippen LogP contribution in [0.1, 0.15) is 34.3 Å². The summed E-state index contributed by atoms with van der Waals surface area (Å²) in [7, 11) is 1.57. The molecule has 0 aromatic heterocycles. The van der Waals surface area contributed by atoms with Crippen molar-refractivity contribution in [3.63, 3.8) is 0 Å². The summed E-state index contributed by atoms with van der Waals surface area (Å²) in [6, 6.07) is 3.58. The van der Waals surface area contributed by atoms with Gasteiger partial charge in [0, 0.05) is 0 Å². The minimum atomic E-state index is -0.855. The molecule has 2 rings (SSSR count). The Labute approximate surface area is 88.7 Å². The molecule has 1 N–H and O–H groups in total. The SMILES string of the molecule is COc1cc2c(c(C(=O)O)c1)CCCC2. The summed E-state index contributed by atoms with van der Waals surface area (Å²) in [4.78, 5) is 11.1. The molecule has 0 saturated carbocycles. The molecular formula is C12H14O3. The number of aromatic carboxylic acids is 1. The molecule has 80 valence electrons. The topological polar surface area (TPSA) is 46.5 Å². The van der Waals surface area contributed by atoms with E-state index in [1.54, 1.807) is 13.2 Å². The minimum absolute atomic E-state index is 0.407. The molecule has 0 amide bonds. The van der Waals surface area contributed by atoms with Crippen molar-refractivity contribution in [2.24, 2.45) is 0 Å². The summed E-state index contributed by atoms with van der Waals surface area (Å²) >= 11 is 0. The van der Waals surface area contributed by atoms with E-state index in [0.29, 0.717) is 11.3 Å². The number of benzene rings is 1. The van der Waals surface area contributed by atoms with Crippen molar-refractivity contribution in [3.8, 4) is 5.75 Å². The van der Waals surface area contributed by atoms with Crippen LogP contribution in [0.4, 0.5) is 0 Å². The molecule has 0 fully saturated rings. The molecule has 1 aromatic carbocycles. The maximum absolute atomic E-state index is 11.1. The third-order valence-corrected chi connectivity index (χ3v) is 2.90. The van der Waals surface area contributed by atoms with E-state index in [4.69, 9.17) is 9.84 Å². The second-order valence-corrected chi connectivity index (χ2v) is 3.82. The van der Waals surface area contributed by atoms with Crippen molar-refractivity contribution in [3.05, 3.63) is 28.8 Å². The van der Waals surface area contributed by atoms with Crippen molar-refractivity contribution in [2.45, 2.75) is 25.7 Å². The number of methoxy groups -OCH3 is 1. The Morgan fingerprint density at radius 3 is 2.73 bits per heavy atom. The van der Waals surface area contributed by atoms with Crippen LogP contribution in [0.5, 0.6) is 5.75 Å². The summed E-state index contributed by atoms with van der Waals surface area (Å²) in [6.07, 6.45) is 4.06. The van der Waals surface area contributed by atoms with E-state index in [2.05, 4.69) is 0 Å². The molecule has 3 nitrogen and oxygen atoms in total. The second kappa shape index (κ2) is 3.93. The van der Waals surface area contributed by atoms with Crippen LogP contribution >= 0.6 is 0 Å². The molecule has 0 bridgehead atoms. The number of ether oxygens (including phenoxy) is 1. The van der Waals surface area contributed by atoms with Gasteiger partial charge in [-0.25, -0.2) is 4.79 Å². The first-order valence-corrected chi connectivity index (χ1v) is 5.15. The quantitative estimate of drug-likeness (QED) is 0.807. The van der Waals surface area contributed by atoms with Crippen LogP contribution in [0, 0.1) is 0 Å². The third kappa shape index (κ3) is 1.82. The Bertz CT molecular complexity index is 396. The zero-order valence-corrected chi connectivity index (χ0v) is 8.75. The van der Waals surface area contributed by atoms with Gasteiger partial charge in [-0.3, -0.25) is 0 Å². The fourth-order valence-electron chi connectivity index (χ4n) is 2.15. The van der Waals surface area contributed by atoms with E-state index in [9.17, 15) is 4.79 Å². The number of fused-ring (bicyclic) bond motifs is 1. The van der Waals surface area contributed by atoms with E-state index in [0.717, 1.165) is 36.8 Å². The van der Waals surface area contributed by atoms with Gasteiger partial charge in [0.25, 0.3) is 0 Å². The largest absolute Gasteiger partial charge is 0.497 e. The van der Waals surface area contributed by atoms with Gasteiger partial charge in [0.05, 0.1) is 12.7 Å². The van der Waals surface area contributed by atoms with Gasteiger partial charge >= 0.3 is 5.97 Å². The van der Waals surface area contributed by atoms with Crippen LogP contribution in [0.3, 0.4) is 0 Å². The van der Waals surface area contributed by atoms with Gasteiger partial charge in [-0.2, -0.15) is 0 Å². The summed E-state index contributed by atoms with van der Waals surface area (Å²) < 4.78 is 5.11. The zero-order valence-electron chi connectivity index (χ0n) is 8.75. The number of aryl methyl sites for hydroxylation is 1. The minimum Gasteiger partial charge on any atom is -0.497 e. The third-order valence-electron chi connectivity index (χ3n) is 2.90. The van der Waals surface area contributed by atoms with E-state index in [-0.39, 0.29) is 0 Å². The lowest BCUT2D eigenvalue weighted by Crippen LogP contribution is -2.10. The van der Waals surface area contributed by atoms with Crippen LogP contribution in [0.25, 0.3) is 0 Å². The smallest absolute Gasteiger partial charge is 0.336 e. The highest BCUT2D eigenvalue weighted by Gasteiger charge is 2.18. The molecule has 0 aliphatic heterocycles. The van der Waals surface area contributed by atoms with Crippen molar-refractivity contribution in [1.29, 1.82) is 0 Å². The van der Waals surface area contributed by atoms with Crippen LogP contribution in [0.15, 0.2) is 12.1 Å². The molecule has 1 aliphatic carbocycles. The molecule has 3 heteroatoms. The zero-order chi connectivity index (χ0) is 10.8. The molecule has 0 radical (unpaired) electrons. The fourth-order valence-corrected chi connectivity index (χ4v) is 2.15. The normalized spacial score (nSPS) is 14.5. The van der Waals surface area contributed by atoms with Gasteiger partial charge in [0.1, 0.15) is 5.75 Å². The average molecular weight is 206 g/mol. The maximum Gasteiger partial charge on any atom is 0.336 e. The number of hydrogen-bond acceptors (Lipinski definition) is 2. The molecule has 0 unspecified atom stereocenters. The Hall–Kier alpha value is -1.51. The standard InChI is InChI=1S/C12H14O3/c1-15-9-6-8-4-2-3-5-10(8)11(7-9)12(13)14/h6-7H,2-5H2,1H3,(H,13,14). The molecular weight excluding hydrogens is 192 g/mol. The van der Waals surface area contributed by atoms with E-state index in [1.807, 2.05) is 6.07 Å². The van der Waals surface area contributed by atoms with Crippen molar-refractivity contribution in [1.82, 2.24) is 0 Å². The summed E-state index contributed by atoms with van der Waals surface area (Å²) in [5, 5.41) is 9.11. The van der Waals surface area contributed by atoms with Crippen molar-refractivity contribution in [2.75, 3.05) is 7.11 Å². The molecule has 1 aromatic rings. The van der Waals surface area contributed by atoms with Crippen LogP contribution in [0.2, 0.25) is 0 Å². The Balaban J connectivity index is 2.55. The summed E-state index contributed by atoms with van der Waals surface area (Å²) in [5.41, 5.74) is 2.54. The van der Waals surface area contributed by atoms with Gasteiger partial charge in [-0.05, 0) is 48.9 Å². The lowest BCUT2D eigenvalue weighted by atomic mass is 9.88. The van der Waals surface area contributed by atoms with Gasteiger partial charge in [0.2, 0.25) is 0 Å². The predicted molar refractivity (Wildman–Crippen MR) is 56.6 cm³/mol. The molecule has 1 aliphatic rings. The molecule has 0 atom stereocenters. The van der Waals surface area contributed by atoms with Crippen LogP contribution < -0.4 is 4.74 Å². The van der Waals surface area contributed by atoms with Crippen molar-refractivity contribution < 1.29 is 14.6 Å². The van der Waals surface area contributed by atoms with Crippen molar-refractivity contribution >= 4 is 5.97 Å². The molecule has 0 saturated heterocycles. The average Bonchev–Trinajstić information content (AvgIpc) is 2.27. The fraction of sp³-hybridized carbons (Fsp3) is 0.417. The first kappa shape index (κ1) is 10.0. The number of hydrogen-bond donors (Lipinski definition) is 1. The molecule has 15 heavy (non-hydrogen) atoms. The van der Waals surface area contributed by atoms with E-state index in [1.165, 1.54) is 0 Å². The monoisotopic (exact) mass is 206 g/mol. The highest BCUT2D eigenvalue weighted by atomic mass is 16.5. The molecule has 0 spiro atoms. The second-order valence-electron chi connectivity index (χ2n) is 3.82. The Morgan fingerprint density at radius 1 is 1.33 bits per heavy atom. The van der Waals surface area contributed by atoms with Crippen LogP contribution in [-0.4, -0.2) is 18.2 Å². The first-order valence-electron chi connectivity index (χ1n) is 5.15. The molecule has 0 heterocycles. The lowest BCUT2D eigenvalue weighted by molar-refractivity contribution is 0.0695. The van der Waals surface area contributed by atoms with Gasteiger partial charge in [0.15, 0.2) is 0 Å². The highest BCUT2D eigenvalue weighted by Crippen LogP contribution is 2.29. The Kier molecular flexibility index (Phi) is 2.62. The van der Waals surface area contributed by atoms with Gasteiger partial charge in [-0.1, -0.05) is 0 Å². The van der Waals surface area contributed by atoms with Gasteiger partial charge < -0.3 is 9.84 Å². The summed E-state index contributed by atoms with van der Waals surface area (Å²) in [5.74, 6) is -0.208. The lowest BCUT2D eigenvalue weighted by Gasteiger charge is -2.18. The van der Waals surface area contributed by atoms with Gasteiger partial charge in [-0.15, -0.1) is 0 Å². The first-order chi connectivity index (χ1) is 7.22.